The third-order valence-electron chi connectivity index (χ3n) is 1.43. The van der Waals surface area contributed by atoms with Gasteiger partial charge in [-0.15, -0.1) is 0 Å². The van der Waals surface area contributed by atoms with Gasteiger partial charge in [0.1, 0.15) is 0 Å². The zero-order chi connectivity index (χ0) is 9.14. The Bertz CT molecular complexity index is 271. The third kappa shape index (κ3) is 2.05. The van der Waals surface area contributed by atoms with E-state index < -0.39 is 0 Å². The van der Waals surface area contributed by atoms with Gasteiger partial charge in [-0.05, 0) is 26.0 Å². The summed E-state index contributed by atoms with van der Waals surface area (Å²) >= 11 is 0. The van der Waals surface area contributed by atoms with E-state index in [1.165, 1.54) is 12.1 Å². The first-order chi connectivity index (χ1) is 5.59. The highest BCUT2D eigenvalue weighted by atomic mass is 16.3. The Morgan fingerprint density at radius 1 is 1.17 bits per heavy atom. The van der Waals surface area contributed by atoms with Crippen molar-refractivity contribution in [3.8, 4) is 11.5 Å². The summed E-state index contributed by atoms with van der Waals surface area (Å²) in [6, 6.07) is 4.98. The molecule has 0 saturated heterocycles. The van der Waals surface area contributed by atoms with E-state index in [0.29, 0.717) is 6.04 Å². The zero-order valence-electron chi connectivity index (χ0n) is 7.20. The van der Waals surface area contributed by atoms with E-state index in [0.717, 1.165) is 5.69 Å². The van der Waals surface area contributed by atoms with E-state index >= 15 is 0 Å². The van der Waals surface area contributed by atoms with Crippen molar-refractivity contribution in [2.45, 2.75) is 19.9 Å². The van der Waals surface area contributed by atoms with Crippen LogP contribution < -0.4 is 5.32 Å². The van der Waals surface area contributed by atoms with Gasteiger partial charge in [-0.2, -0.15) is 0 Å². The molecule has 0 heterocycles. The molecule has 1 aromatic carbocycles. The monoisotopic (exact) mass is 167 g/mol. The largest absolute Gasteiger partial charge is 0.504 e. The molecule has 0 amide bonds. The molecule has 3 N–H and O–H groups in total. The van der Waals surface area contributed by atoms with Crippen LogP contribution in [-0.4, -0.2) is 16.3 Å². The predicted molar refractivity (Wildman–Crippen MR) is 48.5 cm³/mol. The molecular weight excluding hydrogens is 154 g/mol. The van der Waals surface area contributed by atoms with Crippen molar-refractivity contribution < 1.29 is 10.2 Å². The van der Waals surface area contributed by atoms with Gasteiger partial charge in [0.05, 0.1) is 0 Å². The van der Waals surface area contributed by atoms with Crippen LogP contribution in [0.15, 0.2) is 18.2 Å². The maximum absolute atomic E-state index is 9.12. The topological polar surface area (TPSA) is 52.5 Å². The highest BCUT2D eigenvalue weighted by Gasteiger charge is 2.00. The van der Waals surface area contributed by atoms with Crippen molar-refractivity contribution in [3.63, 3.8) is 0 Å². The van der Waals surface area contributed by atoms with E-state index in [9.17, 15) is 0 Å². The van der Waals surface area contributed by atoms with Crippen LogP contribution in [0.4, 0.5) is 5.69 Å². The molecule has 1 rings (SSSR count). The molecule has 0 unspecified atom stereocenters. The van der Waals surface area contributed by atoms with Crippen LogP contribution in [0.2, 0.25) is 0 Å². The van der Waals surface area contributed by atoms with Crippen molar-refractivity contribution in [3.05, 3.63) is 18.2 Å². The van der Waals surface area contributed by atoms with E-state index in [-0.39, 0.29) is 11.5 Å². The summed E-state index contributed by atoms with van der Waals surface area (Å²) in [7, 11) is 0. The van der Waals surface area contributed by atoms with Crippen molar-refractivity contribution in [1.82, 2.24) is 0 Å². The molecule has 0 saturated carbocycles. The molecule has 66 valence electrons. The van der Waals surface area contributed by atoms with Crippen molar-refractivity contribution in [2.24, 2.45) is 0 Å². The minimum absolute atomic E-state index is 0.0932. The fourth-order valence-corrected chi connectivity index (χ4v) is 0.947. The SMILES string of the molecule is CC(C)Nc1ccc(O)c(O)c1. The summed E-state index contributed by atoms with van der Waals surface area (Å²) in [5, 5.41) is 21.2. The van der Waals surface area contributed by atoms with Gasteiger partial charge in [-0.1, -0.05) is 0 Å². The molecular formula is C9H13NO2. The lowest BCUT2D eigenvalue weighted by molar-refractivity contribution is 0.404. The fourth-order valence-electron chi connectivity index (χ4n) is 0.947. The normalized spacial score (nSPS) is 10.2. The Kier molecular flexibility index (Phi) is 2.43. The van der Waals surface area contributed by atoms with Crippen LogP contribution in [0.1, 0.15) is 13.8 Å². The van der Waals surface area contributed by atoms with Gasteiger partial charge in [-0.3, -0.25) is 0 Å². The Morgan fingerprint density at radius 3 is 2.33 bits per heavy atom. The Morgan fingerprint density at radius 2 is 1.83 bits per heavy atom. The number of nitrogens with one attached hydrogen (secondary N) is 1. The van der Waals surface area contributed by atoms with Crippen LogP contribution in [0.5, 0.6) is 11.5 Å². The molecule has 3 nitrogen and oxygen atoms in total. The lowest BCUT2D eigenvalue weighted by atomic mass is 10.2. The van der Waals surface area contributed by atoms with Gasteiger partial charge >= 0.3 is 0 Å². The highest BCUT2D eigenvalue weighted by Crippen LogP contribution is 2.27. The van der Waals surface area contributed by atoms with Gasteiger partial charge in [0, 0.05) is 17.8 Å². The second-order valence-electron chi connectivity index (χ2n) is 3.00. The molecule has 0 bridgehead atoms. The number of phenolic OH excluding ortho intramolecular Hbond substituents is 2. The summed E-state index contributed by atoms with van der Waals surface area (Å²) in [5.41, 5.74) is 0.806. The number of benzene rings is 1. The average Bonchev–Trinajstić information content (AvgIpc) is 1.96. The summed E-state index contributed by atoms with van der Waals surface area (Å²) in [5.74, 6) is -0.190. The maximum atomic E-state index is 9.12. The van der Waals surface area contributed by atoms with Crippen molar-refractivity contribution in [1.29, 1.82) is 0 Å². The van der Waals surface area contributed by atoms with Crippen LogP contribution in [0.25, 0.3) is 0 Å². The van der Waals surface area contributed by atoms with Gasteiger partial charge < -0.3 is 15.5 Å². The van der Waals surface area contributed by atoms with E-state index in [1.54, 1.807) is 6.07 Å². The first-order valence-electron chi connectivity index (χ1n) is 3.88. The minimum Gasteiger partial charge on any atom is -0.504 e. The van der Waals surface area contributed by atoms with Crippen LogP contribution >= 0.6 is 0 Å². The predicted octanol–water partition coefficient (Wildman–Crippen LogP) is 1.92. The van der Waals surface area contributed by atoms with E-state index in [1.807, 2.05) is 13.8 Å². The summed E-state index contributed by atoms with van der Waals surface area (Å²) < 4.78 is 0. The van der Waals surface area contributed by atoms with E-state index in [4.69, 9.17) is 10.2 Å². The molecule has 0 radical (unpaired) electrons. The molecule has 12 heavy (non-hydrogen) atoms. The summed E-state index contributed by atoms with van der Waals surface area (Å²) in [6.45, 7) is 4.01. The van der Waals surface area contributed by atoms with Crippen LogP contribution in [0.3, 0.4) is 0 Å². The maximum Gasteiger partial charge on any atom is 0.159 e. The lowest BCUT2D eigenvalue weighted by Gasteiger charge is -2.10. The van der Waals surface area contributed by atoms with Gasteiger partial charge in [0.25, 0.3) is 0 Å². The second kappa shape index (κ2) is 3.34. The summed E-state index contributed by atoms with van der Waals surface area (Å²) in [6.07, 6.45) is 0. The smallest absolute Gasteiger partial charge is 0.159 e. The minimum atomic E-state index is -0.0966. The molecule has 0 fully saturated rings. The number of hydrogen-bond donors (Lipinski definition) is 3. The highest BCUT2D eigenvalue weighted by molar-refractivity contribution is 5.53. The number of rotatable bonds is 2. The number of aromatic hydroxyl groups is 2. The molecule has 0 aliphatic carbocycles. The quantitative estimate of drug-likeness (QED) is 0.466. The number of anilines is 1. The van der Waals surface area contributed by atoms with Crippen LogP contribution in [0, 0.1) is 0 Å². The standard InChI is InChI=1S/C9H13NO2/c1-6(2)10-7-3-4-8(11)9(12)5-7/h3-6,10-12H,1-2H3. The van der Waals surface area contributed by atoms with Gasteiger partial charge in [-0.25, -0.2) is 0 Å². The zero-order valence-corrected chi connectivity index (χ0v) is 7.20. The first kappa shape index (κ1) is 8.71. The lowest BCUT2D eigenvalue weighted by Crippen LogP contribution is -2.09. The van der Waals surface area contributed by atoms with Crippen LogP contribution in [-0.2, 0) is 0 Å². The Hall–Kier alpha value is -1.38. The molecule has 0 aliphatic rings. The second-order valence-corrected chi connectivity index (χ2v) is 3.00. The number of hydrogen-bond acceptors (Lipinski definition) is 3. The Balaban J connectivity index is 2.82. The van der Waals surface area contributed by atoms with E-state index in [2.05, 4.69) is 5.32 Å². The molecule has 1 aromatic rings. The third-order valence-corrected chi connectivity index (χ3v) is 1.43. The summed E-state index contributed by atoms with van der Waals surface area (Å²) in [4.78, 5) is 0. The molecule has 0 spiro atoms. The average molecular weight is 167 g/mol. The van der Waals surface area contributed by atoms with Crippen molar-refractivity contribution >= 4 is 5.69 Å². The molecule has 0 aromatic heterocycles. The first-order valence-corrected chi connectivity index (χ1v) is 3.88. The molecule has 0 atom stereocenters. The fraction of sp³-hybridized carbons (Fsp3) is 0.333. The van der Waals surface area contributed by atoms with Gasteiger partial charge in [0.2, 0.25) is 0 Å². The molecule has 0 aliphatic heterocycles. The molecule has 3 heteroatoms. The number of phenols is 2. The van der Waals surface area contributed by atoms with Crippen molar-refractivity contribution in [2.75, 3.05) is 5.32 Å². The van der Waals surface area contributed by atoms with Gasteiger partial charge in [0.15, 0.2) is 11.5 Å². The Labute approximate surface area is 71.7 Å².